The molecular weight excluding hydrogens is 238 g/mol. The van der Waals surface area contributed by atoms with Crippen molar-refractivity contribution in [1.82, 2.24) is 9.97 Å². The highest BCUT2D eigenvalue weighted by molar-refractivity contribution is 5.81. The van der Waals surface area contributed by atoms with Crippen molar-refractivity contribution in [3.05, 3.63) is 54.4 Å². The summed E-state index contributed by atoms with van der Waals surface area (Å²) in [6.07, 6.45) is 3.52. The van der Waals surface area contributed by atoms with Crippen LogP contribution in [0.4, 0.5) is 5.69 Å². The van der Waals surface area contributed by atoms with Gasteiger partial charge in [0.25, 0.3) is 0 Å². The van der Waals surface area contributed by atoms with Gasteiger partial charge in [-0.05, 0) is 42.8 Å². The Bertz CT molecular complexity index is 723. The Kier molecular flexibility index (Phi) is 2.76. The van der Waals surface area contributed by atoms with Gasteiger partial charge >= 0.3 is 0 Å². The molecular formula is C15H13N3O. The number of aryl methyl sites for hydroxylation is 1. The van der Waals surface area contributed by atoms with Gasteiger partial charge in [-0.25, -0.2) is 0 Å². The lowest BCUT2D eigenvalue weighted by Crippen LogP contribution is -1.91. The second-order valence-electron chi connectivity index (χ2n) is 4.36. The van der Waals surface area contributed by atoms with Crippen LogP contribution >= 0.6 is 0 Å². The number of nitrogen functional groups attached to an aromatic ring is 1. The second-order valence-corrected chi connectivity index (χ2v) is 4.36. The van der Waals surface area contributed by atoms with Crippen LogP contribution in [0.1, 0.15) is 5.56 Å². The Hall–Kier alpha value is -2.62. The molecule has 0 fully saturated rings. The average molecular weight is 251 g/mol. The van der Waals surface area contributed by atoms with Crippen LogP contribution in [0.2, 0.25) is 0 Å². The van der Waals surface area contributed by atoms with Crippen LogP contribution < -0.4 is 10.5 Å². The largest absolute Gasteiger partial charge is 0.455 e. The summed E-state index contributed by atoms with van der Waals surface area (Å²) in [5, 5.41) is 0. The minimum atomic E-state index is 0.690. The molecule has 0 unspecified atom stereocenters. The molecule has 0 bridgehead atoms. The van der Waals surface area contributed by atoms with Gasteiger partial charge in [-0.1, -0.05) is 0 Å². The molecule has 0 saturated carbocycles. The van der Waals surface area contributed by atoms with Crippen molar-refractivity contribution in [3.63, 3.8) is 0 Å². The Morgan fingerprint density at radius 1 is 1.05 bits per heavy atom. The topological polar surface area (TPSA) is 61.0 Å². The zero-order valence-corrected chi connectivity index (χ0v) is 10.5. The molecule has 94 valence electrons. The van der Waals surface area contributed by atoms with E-state index < -0.39 is 0 Å². The summed E-state index contributed by atoms with van der Waals surface area (Å²) in [6, 6.07) is 11.1. The van der Waals surface area contributed by atoms with E-state index in [1.54, 1.807) is 30.6 Å². The number of hydrogen-bond acceptors (Lipinski definition) is 4. The first kappa shape index (κ1) is 11.5. The van der Waals surface area contributed by atoms with Gasteiger partial charge in [0.05, 0.1) is 5.52 Å². The molecule has 0 aliphatic rings. The van der Waals surface area contributed by atoms with E-state index in [9.17, 15) is 0 Å². The molecule has 2 heterocycles. The molecule has 4 nitrogen and oxygen atoms in total. The van der Waals surface area contributed by atoms with Crippen LogP contribution in [0.3, 0.4) is 0 Å². The summed E-state index contributed by atoms with van der Waals surface area (Å²) in [4.78, 5) is 8.68. The zero-order chi connectivity index (χ0) is 13.2. The molecule has 0 aliphatic heterocycles. The van der Waals surface area contributed by atoms with Crippen LogP contribution in [0.15, 0.2) is 48.8 Å². The predicted molar refractivity (Wildman–Crippen MR) is 75.2 cm³/mol. The zero-order valence-electron chi connectivity index (χ0n) is 10.5. The van der Waals surface area contributed by atoms with Crippen LogP contribution in [0.5, 0.6) is 11.5 Å². The van der Waals surface area contributed by atoms with Crippen molar-refractivity contribution in [2.24, 2.45) is 0 Å². The van der Waals surface area contributed by atoms with Gasteiger partial charge in [0.1, 0.15) is 11.3 Å². The number of fused-ring (bicyclic) bond motifs is 1. The first-order valence-corrected chi connectivity index (χ1v) is 5.97. The highest BCUT2D eigenvalue weighted by Gasteiger charge is 2.06. The van der Waals surface area contributed by atoms with Gasteiger partial charge in [0.15, 0.2) is 5.75 Å². The Morgan fingerprint density at radius 3 is 2.63 bits per heavy atom. The van der Waals surface area contributed by atoms with E-state index in [2.05, 4.69) is 9.97 Å². The number of rotatable bonds is 2. The molecule has 0 amide bonds. The standard InChI is InChI=1S/C15H13N3O/c1-10-8-13-15(18-9-10)14(6-7-17-13)19-12-4-2-11(16)3-5-12/h2-9H,16H2,1H3. The first-order valence-electron chi connectivity index (χ1n) is 5.97. The highest BCUT2D eigenvalue weighted by atomic mass is 16.5. The van der Waals surface area contributed by atoms with Crippen molar-refractivity contribution in [2.45, 2.75) is 6.92 Å². The molecule has 4 heteroatoms. The van der Waals surface area contributed by atoms with Crippen molar-refractivity contribution in [1.29, 1.82) is 0 Å². The van der Waals surface area contributed by atoms with E-state index in [4.69, 9.17) is 10.5 Å². The number of benzene rings is 1. The molecule has 19 heavy (non-hydrogen) atoms. The Morgan fingerprint density at radius 2 is 1.84 bits per heavy atom. The first-order chi connectivity index (χ1) is 9.22. The van der Waals surface area contributed by atoms with E-state index in [0.29, 0.717) is 11.4 Å². The van der Waals surface area contributed by atoms with Crippen molar-refractivity contribution in [3.8, 4) is 11.5 Å². The predicted octanol–water partition coefficient (Wildman–Crippen LogP) is 3.31. The van der Waals surface area contributed by atoms with Crippen molar-refractivity contribution in [2.75, 3.05) is 5.73 Å². The van der Waals surface area contributed by atoms with Crippen LogP contribution in [0, 0.1) is 6.92 Å². The number of anilines is 1. The summed E-state index contributed by atoms with van der Waals surface area (Å²) in [5.41, 5.74) is 9.01. The Balaban J connectivity index is 2.03. The summed E-state index contributed by atoms with van der Waals surface area (Å²) in [7, 11) is 0. The number of hydrogen-bond donors (Lipinski definition) is 1. The van der Waals surface area contributed by atoms with Gasteiger partial charge in [0.2, 0.25) is 0 Å². The molecule has 1 aromatic carbocycles. The fourth-order valence-corrected chi connectivity index (χ4v) is 1.85. The highest BCUT2D eigenvalue weighted by Crippen LogP contribution is 2.27. The summed E-state index contributed by atoms with van der Waals surface area (Å²) in [6.45, 7) is 1.99. The van der Waals surface area contributed by atoms with E-state index in [1.165, 1.54) is 0 Å². The van der Waals surface area contributed by atoms with E-state index in [0.717, 1.165) is 22.3 Å². The molecule has 0 atom stereocenters. The van der Waals surface area contributed by atoms with Gasteiger partial charge in [-0.3, -0.25) is 9.97 Å². The van der Waals surface area contributed by atoms with Gasteiger partial charge in [0, 0.05) is 24.1 Å². The van der Waals surface area contributed by atoms with Crippen molar-refractivity contribution < 1.29 is 4.74 Å². The quantitative estimate of drug-likeness (QED) is 0.710. The fraction of sp³-hybridized carbons (Fsp3) is 0.0667. The molecule has 2 N–H and O–H groups in total. The van der Waals surface area contributed by atoms with Crippen LogP contribution in [0.25, 0.3) is 11.0 Å². The average Bonchev–Trinajstić information content (AvgIpc) is 2.41. The molecule has 0 saturated heterocycles. The van der Waals surface area contributed by atoms with Gasteiger partial charge < -0.3 is 10.5 Å². The molecule has 3 rings (SSSR count). The SMILES string of the molecule is Cc1cnc2c(Oc3ccc(N)cc3)ccnc2c1. The molecule has 0 radical (unpaired) electrons. The maximum Gasteiger partial charge on any atom is 0.156 e. The third-order valence-electron chi connectivity index (χ3n) is 2.79. The number of nitrogens with two attached hydrogens (primary N) is 1. The number of pyridine rings is 2. The maximum absolute atomic E-state index is 5.83. The normalized spacial score (nSPS) is 10.6. The minimum absolute atomic E-state index is 0.690. The second kappa shape index (κ2) is 4.57. The molecule has 0 spiro atoms. The number of aromatic nitrogens is 2. The third kappa shape index (κ3) is 2.33. The van der Waals surface area contributed by atoms with Gasteiger partial charge in [-0.15, -0.1) is 0 Å². The van der Waals surface area contributed by atoms with Crippen molar-refractivity contribution >= 4 is 16.7 Å². The maximum atomic E-state index is 5.83. The monoisotopic (exact) mass is 251 g/mol. The van der Waals surface area contributed by atoms with Gasteiger partial charge in [-0.2, -0.15) is 0 Å². The van der Waals surface area contributed by atoms with Crippen LogP contribution in [-0.4, -0.2) is 9.97 Å². The fourth-order valence-electron chi connectivity index (χ4n) is 1.85. The molecule has 3 aromatic rings. The minimum Gasteiger partial charge on any atom is -0.455 e. The lowest BCUT2D eigenvalue weighted by Gasteiger charge is -2.08. The van der Waals surface area contributed by atoms with E-state index in [-0.39, 0.29) is 0 Å². The summed E-state index contributed by atoms with van der Waals surface area (Å²) in [5.74, 6) is 1.42. The summed E-state index contributed by atoms with van der Waals surface area (Å²) < 4.78 is 5.83. The van der Waals surface area contributed by atoms with Crippen LogP contribution in [-0.2, 0) is 0 Å². The van der Waals surface area contributed by atoms with E-state index in [1.807, 2.05) is 25.1 Å². The molecule has 0 aliphatic carbocycles. The smallest absolute Gasteiger partial charge is 0.156 e. The Labute approximate surface area is 110 Å². The lowest BCUT2D eigenvalue weighted by molar-refractivity contribution is 0.487. The lowest BCUT2D eigenvalue weighted by atomic mass is 10.2. The molecule has 2 aromatic heterocycles. The summed E-state index contributed by atoms with van der Waals surface area (Å²) >= 11 is 0. The van der Waals surface area contributed by atoms with E-state index >= 15 is 0 Å². The number of ether oxygens (including phenoxy) is 1. The number of nitrogens with zero attached hydrogens (tertiary/aromatic N) is 2. The third-order valence-corrected chi connectivity index (χ3v) is 2.79.